The molecule has 0 unspecified atom stereocenters. The second-order valence-electron chi connectivity index (χ2n) is 6.05. The van der Waals surface area contributed by atoms with Gasteiger partial charge in [0.15, 0.2) is 0 Å². The lowest BCUT2D eigenvalue weighted by atomic mass is 10.0. The van der Waals surface area contributed by atoms with Crippen molar-refractivity contribution in [1.29, 1.82) is 0 Å². The van der Waals surface area contributed by atoms with Crippen LogP contribution in [0.1, 0.15) is 32.3 Å². The molecule has 6 heteroatoms. The van der Waals surface area contributed by atoms with E-state index in [4.69, 9.17) is 0 Å². The van der Waals surface area contributed by atoms with Crippen molar-refractivity contribution in [1.82, 2.24) is 15.5 Å². The summed E-state index contributed by atoms with van der Waals surface area (Å²) in [5.74, 6) is 0.711. The molecule has 1 aliphatic heterocycles. The molecular weight excluding hydrogens is 350 g/mol. The van der Waals surface area contributed by atoms with Gasteiger partial charge in [-0.2, -0.15) is 0 Å². The number of amides is 2. The Morgan fingerprint density at radius 1 is 1.48 bits per heavy atom. The fourth-order valence-corrected chi connectivity index (χ4v) is 3.84. The fourth-order valence-electron chi connectivity index (χ4n) is 2.63. The molecule has 2 amide bonds. The van der Waals surface area contributed by atoms with Gasteiger partial charge in [-0.3, -0.25) is 0 Å². The topological polar surface area (TPSA) is 44.4 Å². The van der Waals surface area contributed by atoms with Crippen LogP contribution in [0.3, 0.4) is 0 Å². The standard InChI is InChI=1S/C15H24BrN3OS/c1-11(2)9-19-5-3-13(4-6-19)18-15(20)17-8-12-7-14(16)21-10-12/h7,10-11,13H,3-6,8-9H2,1-2H3,(H2,17,18,20). The summed E-state index contributed by atoms with van der Waals surface area (Å²) in [4.78, 5) is 14.4. The number of hydrogen-bond donors (Lipinski definition) is 2. The van der Waals surface area contributed by atoms with E-state index in [0.29, 0.717) is 18.5 Å². The number of halogens is 1. The fraction of sp³-hybridized carbons (Fsp3) is 0.667. The number of rotatable bonds is 5. The van der Waals surface area contributed by atoms with Crippen LogP contribution in [0, 0.1) is 5.92 Å². The largest absolute Gasteiger partial charge is 0.335 e. The molecule has 1 saturated heterocycles. The van der Waals surface area contributed by atoms with Gasteiger partial charge in [0.2, 0.25) is 0 Å². The number of thiophene rings is 1. The summed E-state index contributed by atoms with van der Waals surface area (Å²) in [5, 5.41) is 8.06. The second-order valence-corrected chi connectivity index (χ2v) is 8.35. The van der Waals surface area contributed by atoms with E-state index in [0.717, 1.165) is 41.8 Å². The van der Waals surface area contributed by atoms with Crippen molar-refractivity contribution in [2.75, 3.05) is 19.6 Å². The van der Waals surface area contributed by atoms with Gasteiger partial charge < -0.3 is 15.5 Å². The van der Waals surface area contributed by atoms with E-state index in [1.165, 1.54) is 0 Å². The Bertz CT molecular complexity index is 456. The van der Waals surface area contributed by atoms with Crippen LogP contribution >= 0.6 is 27.3 Å². The highest BCUT2D eigenvalue weighted by atomic mass is 79.9. The Labute approximate surface area is 139 Å². The molecule has 1 aliphatic rings. The highest BCUT2D eigenvalue weighted by Crippen LogP contribution is 2.20. The third-order valence-electron chi connectivity index (χ3n) is 3.62. The molecule has 0 atom stereocenters. The van der Waals surface area contributed by atoms with Gasteiger partial charge in [-0.25, -0.2) is 4.79 Å². The van der Waals surface area contributed by atoms with Crippen molar-refractivity contribution in [2.24, 2.45) is 5.92 Å². The number of carbonyl (C=O) groups excluding carboxylic acids is 1. The van der Waals surface area contributed by atoms with Crippen LogP contribution in [0.2, 0.25) is 0 Å². The number of urea groups is 1. The summed E-state index contributed by atoms with van der Waals surface area (Å²) < 4.78 is 1.09. The normalized spacial score (nSPS) is 17.1. The van der Waals surface area contributed by atoms with Crippen LogP contribution in [-0.2, 0) is 6.54 Å². The average Bonchev–Trinajstić information content (AvgIpc) is 2.84. The number of nitrogens with one attached hydrogen (secondary N) is 2. The SMILES string of the molecule is CC(C)CN1CCC(NC(=O)NCc2csc(Br)c2)CC1. The minimum atomic E-state index is -0.0559. The van der Waals surface area contributed by atoms with Crippen LogP contribution in [0.15, 0.2) is 15.2 Å². The molecule has 1 aromatic rings. The smallest absolute Gasteiger partial charge is 0.315 e. The Hall–Kier alpha value is -0.590. The van der Waals surface area contributed by atoms with Crippen molar-refractivity contribution in [3.05, 3.63) is 20.8 Å². The first-order valence-electron chi connectivity index (χ1n) is 7.52. The quantitative estimate of drug-likeness (QED) is 0.830. The molecule has 0 aliphatic carbocycles. The van der Waals surface area contributed by atoms with Gasteiger partial charge in [0.25, 0.3) is 0 Å². The van der Waals surface area contributed by atoms with Gasteiger partial charge in [-0.15, -0.1) is 11.3 Å². The molecule has 2 N–H and O–H groups in total. The molecule has 1 fully saturated rings. The van der Waals surface area contributed by atoms with Crippen molar-refractivity contribution in [3.63, 3.8) is 0 Å². The molecule has 21 heavy (non-hydrogen) atoms. The molecule has 0 saturated carbocycles. The van der Waals surface area contributed by atoms with E-state index >= 15 is 0 Å². The molecule has 0 bridgehead atoms. The van der Waals surface area contributed by atoms with Crippen LogP contribution < -0.4 is 10.6 Å². The minimum absolute atomic E-state index is 0.0559. The average molecular weight is 374 g/mol. The third kappa shape index (κ3) is 5.96. The lowest BCUT2D eigenvalue weighted by molar-refractivity contribution is 0.178. The van der Waals surface area contributed by atoms with E-state index in [1.807, 2.05) is 6.07 Å². The van der Waals surface area contributed by atoms with Crippen molar-refractivity contribution in [3.8, 4) is 0 Å². The first-order chi connectivity index (χ1) is 10.0. The van der Waals surface area contributed by atoms with Crippen LogP contribution in [0.5, 0.6) is 0 Å². The third-order valence-corrected chi connectivity index (χ3v) is 5.17. The van der Waals surface area contributed by atoms with Gasteiger partial charge in [-0.1, -0.05) is 13.8 Å². The van der Waals surface area contributed by atoms with E-state index < -0.39 is 0 Å². The summed E-state index contributed by atoms with van der Waals surface area (Å²) in [7, 11) is 0. The summed E-state index contributed by atoms with van der Waals surface area (Å²) in [6.07, 6.45) is 2.09. The van der Waals surface area contributed by atoms with Crippen LogP contribution in [-0.4, -0.2) is 36.6 Å². The van der Waals surface area contributed by atoms with E-state index in [9.17, 15) is 4.79 Å². The zero-order valence-corrected chi connectivity index (χ0v) is 15.1. The molecule has 118 valence electrons. The summed E-state index contributed by atoms with van der Waals surface area (Å²) in [6.45, 7) is 8.41. The lowest BCUT2D eigenvalue weighted by Gasteiger charge is -2.33. The summed E-state index contributed by atoms with van der Waals surface area (Å²) >= 11 is 5.06. The zero-order valence-electron chi connectivity index (χ0n) is 12.7. The Morgan fingerprint density at radius 3 is 2.76 bits per heavy atom. The van der Waals surface area contributed by atoms with Crippen LogP contribution in [0.25, 0.3) is 0 Å². The maximum Gasteiger partial charge on any atom is 0.315 e. The van der Waals surface area contributed by atoms with Crippen molar-refractivity contribution >= 4 is 33.3 Å². The first-order valence-corrected chi connectivity index (χ1v) is 9.20. The van der Waals surface area contributed by atoms with Crippen molar-refractivity contribution in [2.45, 2.75) is 39.3 Å². The zero-order chi connectivity index (χ0) is 15.2. The van der Waals surface area contributed by atoms with Crippen molar-refractivity contribution < 1.29 is 4.79 Å². The van der Waals surface area contributed by atoms with Gasteiger partial charge in [-0.05, 0) is 51.7 Å². The van der Waals surface area contributed by atoms with E-state index in [2.05, 4.69) is 50.7 Å². The Morgan fingerprint density at radius 2 is 2.19 bits per heavy atom. The van der Waals surface area contributed by atoms with E-state index in [1.54, 1.807) is 11.3 Å². The maximum absolute atomic E-state index is 11.9. The summed E-state index contributed by atoms with van der Waals surface area (Å²) in [5.41, 5.74) is 1.13. The maximum atomic E-state index is 11.9. The number of carbonyl (C=O) groups is 1. The lowest BCUT2D eigenvalue weighted by Crippen LogP contribution is -2.48. The molecule has 0 radical (unpaired) electrons. The molecular formula is C15H24BrN3OS. The summed E-state index contributed by atoms with van der Waals surface area (Å²) in [6, 6.07) is 2.29. The first kappa shape index (κ1) is 16.8. The van der Waals surface area contributed by atoms with Crippen LogP contribution in [0.4, 0.5) is 4.79 Å². The highest BCUT2D eigenvalue weighted by Gasteiger charge is 2.20. The van der Waals surface area contributed by atoms with E-state index in [-0.39, 0.29) is 6.03 Å². The number of nitrogens with zero attached hydrogens (tertiary/aromatic N) is 1. The monoisotopic (exact) mass is 373 g/mol. The van der Waals surface area contributed by atoms with Gasteiger partial charge in [0.05, 0.1) is 3.79 Å². The number of hydrogen-bond acceptors (Lipinski definition) is 3. The van der Waals surface area contributed by atoms with Gasteiger partial charge in [0, 0.05) is 32.2 Å². The molecule has 0 spiro atoms. The second kappa shape index (κ2) is 8.15. The molecule has 4 nitrogen and oxygen atoms in total. The molecule has 0 aromatic carbocycles. The minimum Gasteiger partial charge on any atom is -0.335 e. The van der Waals surface area contributed by atoms with Gasteiger partial charge in [0.1, 0.15) is 0 Å². The highest BCUT2D eigenvalue weighted by molar-refractivity contribution is 9.11. The predicted octanol–water partition coefficient (Wildman–Crippen LogP) is 3.43. The predicted molar refractivity (Wildman–Crippen MR) is 91.7 cm³/mol. The molecule has 2 rings (SSSR count). The van der Waals surface area contributed by atoms with Gasteiger partial charge >= 0.3 is 6.03 Å². The molecule has 1 aromatic heterocycles. The Kier molecular flexibility index (Phi) is 6.51. The Balaban J connectivity index is 1.65. The number of piperidine rings is 1. The molecule has 2 heterocycles. The number of likely N-dealkylation sites (tertiary alicyclic amines) is 1.